The van der Waals surface area contributed by atoms with E-state index in [4.69, 9.17) is 0 Å². The van der Waals surface area contributed by atoms with Gasteiger partial charge in [-0.1, -0.05) is 18.2 Å². The van der Waals surface area contributed by atoms with Crippen molar-refractivity contribution in [3.63, 3.8) is 0 Å². The van der Waals surface area contributed by atoms with Gasteiger partial charge in [-0.15, -0.1) is 0 Å². The minimum Gasteiger partial charge on any atom is -0.362 e. The highest BCUT2D eigenvalue weighted by Crippen LogP contribution is 2.23. The molecule has 2 nitrogen and oxygen atoms in total. The summed E-state index contributed by atoms with van der Waals surface area (Å²) in [6.45, 7) is 1.01. The number of piperidine rings is 1. The Hall–Kier alpha value is -1.31. The molecule has 0 spiro atoms. The van der Waals surface area contributed by atoms with Gasteiger partial charge in [0.1, 0.15) is 6.29 Å². The smallest absolute Gasteiger partial charge is 0.142 e. The number of nitrogens with zero attached hydrogens (tertiary/aromatic N) is 1. The van der Waals surface area contributed by atoms with Gasteiger partial charge in [0.05, 0.1) is 6.04 Å². The van der Waals surface area contributed by atoms with Gasteiger partial charge >= 0.3 is 0 Å². The Bertz CT molecular complexity index is 296. The lowest BCUT2D eigenvalue weighted by atomic mass is 10.0. The topological polar surface area (TPSA) is 20.3 Å². The van der Waals surface area contributed by atoms with Crippen molar-refractivity contribution in [1.29, 1.82) is 0 Å². The van der Waals surface area contributed by atoms with E-state index in [9.17, 15) is 4.79 Å². The van der Waals surface area contributed by atoms with Crippen molar-refractivity contribution >= 4 is 12.0 Å². The quantitative estimate of drug-likeness (QED) is 0.665. The highest BCUT2D eigenvalue weighted by molar-refractivity contribution is 5.66. The van der Waals surface area contributed by atoms with E-state index >= 15 is 0 Å². The van der Waals surface area contributed by atoms with Crippen molar-refractivity contribution in [2.45, 2.75) is 25.3 Å². The molecule has 1 heterocycles. The SMILES string of the molecule is O=C[C@@H]1CCCCN1c1ccccc1. The number of hydrogen-bond acceptors (Lipinski definition) is 2. The fourth-order valence-corrected chi connectivity index (χ4v) is 2.04. The van der Waals surface area contributed by atoms with Crippen LogP contribution in [0.3, 0.4) is 0 Å². The highest BCUT2D eigenvalue weighted by atomic mass is 16.1. The molecule has 2 rings (SSSR count). The third-order valence-electron chi connectivity index (χ3n) is 2.79. The minimum atomic E-state index is 0.0890. The van der Waals surface area contributed by atoms with Crippen LogP contribution in [0.1, 0.15) is 19.3 Å². The zero-order chi connectivity index (χ0) is 9.80. The summed E-state index contributed by atoms with van der Waals surface area (Å²) in [6.07, 6.45) is 4.44. The molecule has 1 aromatic rings. The molecule has 1 aliphatic rings. The first-order valence-electron chi connectivity index (χ1n) is 5.19. The third kappa shape index (κ3) is 1.79. The second-order valence-electron chi connectivity index (χ2n) is 3.73. The lowest BCUT2D eigenvalue weighted by molar-refractivity contribution is -0.109. The molecule has 0 N–H and O–H groups in total. The number of carbonyl (C=O) groups is 1. The zero-order valence-electron chi connectivity index (χ0n) is 8.23. The van der Waals surface area contributed by atoms with Crippen molar-refractivity contribution in [1.82, 2.24) is 0 Å². The van der Waals surface area contributed by atoms with Crippen LogP contribution in [0.25, 0.3) is 0 Å². The molecule has 0 bridgehead atoms. The molecule has 0 aromatic heterocycles. The normalized spacial score (nSPS) is 22.0. The lowest BCUT2D eigenvalue weighted by Gasteiger charge is -2.34. The first kappa shape index (κ1) is 9.25. The molecular weight excluding hydrogens is 174 g/mol. The van der Waals surface area contributed by atoms with Crippen LogP contribution in [-0.4, -0.2) is 18.9 Å². The average molecular weight is 189 g/mol. The van der Waals surface area contributed by atoms with Crippen LogP contribution >= 0.6 is 0 Å². The van der Waals surface area contributed by atoms with Gasteiger partial charge in [0.15, 0.2) is 0 Å². The standard InChI is InChI=1S/C12H15NO/c14-10-12-8-4-5-9-13(12)11-6-2-1-3-7-11/h1-3,6-7,10,12H,4-5,8-9H2/t12-/m0/s1. The Kier molecular flexibility index (Phi) is 2.82. The molecule has 1 aromatic carbocycles. The Morgan fingerprint density at radius 3 is 2.71 bits per heavy atom. The summed E-state index contributed by atoms with van der Waals surface area (Å²) in [6, 6.07) is 10.3. The van der Waals surface area contributed by atoms with Crippen LogP contribution in [-0.2, 0) is 4.79 Å². The summed E-state index contributed by atoms with van der Waals surface area (Å²) in [7, 11) is 0. The van der Waals surface area contributed by atoms with Crippen molar-refractivity contribution < 1.29 is 4.79 Å². The van der Waals surface area contributed by atoms with Gasteiger partial charge in [0.25, 0.3) is 0 Å². The number of carbonyl (C=O) groups excluding carboxylic acids is 1. The fraction of sp³-hybridized carbons (Fsp3) is 0.417. The Labute approximate surface area is 84.5 Å². The van der Waals surface area contributed by atoms with E-state index in [2.05, 4.69) is 17.0 Å². The van der Waals surface area contributed by atoms with Crippen LogP contribution < -0.4 is 4.90 Å². The van der Waals surface area contributed by atoms with E-state index in [1.807, 2.05) is 18.2 Å². The molecule has 0 amide bonds. The van der Waals surface area contributed by atoms with E-state index in [1.54, 1.807) is 0 Å². The van der Waals surface area contributed by atoms with Crippen LogP contribution in [0.15, 0.2) is 30.3 Å². The maximum Gasteiger partial charge on any atom is 0.142 e. The van der Waals surface area contributed by atoms with Gasteiger partial charge < -0.3 is 9.69 Å². The summed E-state index contributed by atoms with van der Waals surface area (Å²) < 4.78 is 0. The summed E-state index contributed by atoms with van der Waals surface area (Å²) >= 11 is 0. The van der Waals surface area contributed by atoms with Gasteiger partial charge in [-0.05, 0) is 31.4 Å². The molecule has 0 radical (unpaired) electrons. The van der Waals surface area contributed by atoms with Crippen molar-refractivity contribution in [2.75, 3.05) is 11.4 Å². The predicted molar refractivity (Wildman–Crippen MR) is 57.5 cm³/mol. The Morgan fingerprint density at radius 2 is 2.00 bits per heavy atom. The number of benzene rings is 1. The molecule has 14 heavy (non-hydrogen) atoms. The second kappa shape index (κ2) is 4.27. The average Bonchev–Trinajstić information content (AvgIpc) is 2.30. The van der Waals surface area contributed by atoms with Gasteiger partial charge in [-0.25, -0.2) is 0 Å². The van der Waals surface area contributed by atoms with Crippen LogP contribution in [0.5, 0.6) is 0 Å². The van der Waals surface area contributed by atoms with Gasteiger partial charge in [-0.2, -0.15) is 0 Å². The second-order valence-corrected chi connectivity index (χ2v) is 3.73. The van der Waals surface area contributed by atoms with Gasteiger partial charge in [0, 0.05) is 12.2 Å². The van der Waals surface area contributed by atoms with Crippen LogP contribution in [0.2, 0.25) is 0 Å². The lowest BCUT2D eigenvalue weighted by Crippen LogP contribution is -2.40. The van der Waals surface area contributed by atoms with Crippen molar-refractivity contribution in [3.05, 3.63) is 30.3 Å². The van der Waals surface area contributed by atoms with E-state index in [0.717, 1.165) is 19.3 Å². The third-order valence-corrected chi connectivity index (χ3v) is 2.79. The molecular formula is C12H15NO. The zero-order valence-corrected chi connectivity index (χ0v) is 8.23. The summed E-state index contributed by atoms with van der Waals surface area (Å²) in [4.78, 5) is 13.1. The molecule has 0 saturated carbocycles. The largest absolute Gasteiger partial charge is 0.362 e. The first-order valence-corrected chi connectivity index (χ1v) is 5.19. The van der Waals surface area contributed by atoms with E-state index in [1.165, 1.54) is 18.5 Å². The first-order chi connectivity index (χ1) is 6.92. The highest BCUT2D eigenvalue weighted by Gasteiger charge is 2.21. The van der Waals surface area contributed by atoms with Crippen LogP contribution in [0.4, 0.5) is 5.69 Å². The molecule has 74 valence electrons. The summed E-state index contributed by atoms with van der Waals surface area (Å²) in [5, 5.41) is 0. The summed E-state index contributed by atoms with van der Waals surface area (Å²) in [5.41, 5.74) is 1.17. The molecule has 1 aliphatic heterocycles. The number of hydrogen-bond donors (Lipinski definition) is 0. The monoisotopic (exact) mass is 189 g/mol. The number of para-hydroxylation sites is 1. The fourth-order valence-electron chi connectivity index (χ4n) is 2.04. The van der Waals surface area contributed by atoms with Crippen LogP contribution in [0, 0.1) is 0 Å². The molecule has 1 atom stereocenters. The minimum absolute atomic E-state index is 0.0890. The van der Waals surface area contributed by atoms with E-state index < -0.39 is 0 Å². The van der Waals surface area contributed by atoms with Gasteiger partial charge in [0.2, 0.25) is 0 Å². The Morgan fingerprint density at radius 1 is 1.21 bits per heavy atom. The Balaban J connectivity index is 2.19. The number of anilines is 1. The van der Waals surface area contributed by atoms with Gasteiger partial charge in [-0.3, -0.25) is 0 Å². The van der Waals surface area contributed by atoms with Crippen molar-refractivity contribution in [3.8, 4) is 0 Å². The molecule has 0 unspecified atom stereocenters. The summed E-state index contributed by atoms with van der Waals surface area (Å²) in [5.74, 6) is 0. The molecule has 0 aliphatic carbocycles. The van der Waals surface area contributed by atoms with Crippen molar-refractivity contribution in [2.24, 2.45) is 0 Å². The number of rotatable bonds is 2. The molecule has 2 heteroatoms. The molecule has 1 saturated heterocycles. The van der Waals surface area contributed by atoms with E-state index in [0.29, 0.717) is 0 Å². The number of aldehydes is 1. The molecule has 1 fully saturated rings. The van der Waals surface area contributed by atoms with E-state index in [-0.39, 0.29) is 6.04 Å². The maximum absolute atomic E-state index is 10.9. The maximum atomic E-state index is 10.9. The predicted octanol–water partition coefficient (Wildman–Crippen LogP) is 2.24.